The Morgan fingerprint density at radius 1 is 1.04 bits per heavy atom. The molecule has 2 saturated heterocycles. The van der Waals surface area contributed by atoms with Crippen LogP contribution in [-0.4, -0.2) is 39.3 Å². The van der Waals surface area contributed by atoms with Gasteiger partial charge in [0.25, 0.3) is 0 Å². The first-order valence-corrected chi connectivity index (χ1v) is 9.73. The molecular formula is C22H26FN3O. The van der Waals surface area contributed by atoms with Crippen LogP contribution in [0.1, 0.15) is 42.5 Å². The Bertz CT molecular complexity index is 795. The van der Waals surface area contributed by atoms with E-state index in [1.165, 1.54) is 17.7 Å². The van der Waals surface area contributed by atoms with E-state index >= 15 is 0 Å². The average molecular weight is 367 g/mol. The summed E-state index contributed by atoms with van der Waals surface area (Å²) in [6.45, 7) is 5.45. The first-order chi connectivity index (χ1) is 13.0. The molecule has 2 aliphatic rings. The molecule has 2 fully saturated rings. The molecule has 4 nitrogen and oxygen atoms in total. The summed E-state index contributed by atoms with van der Waals surface area (Å²) in [4.78, 5) is 21.6. The minimum Gasteiger partial charge on any atom is -0.333 e. The van der Waals surface area contributed by atoms with Crippen molar-refractivity contribution in [2.45, 2.75) is 51.2 Å². The minimum absolute atomic E-state index is 0.0390. The van der Waals surface area contributed by atoms with E-state index in [4.69, 9.17) is 0 Å². The van der Waals surface area contributed by atoms with Crippen molar-refractivity contribution in [3.05, 3.63) is 65.2 Å². The largest absolute Gasteiger partial charge is 0.333 e. The maximum Gasteiger partial charge on any atom is 0.223 e. The van der Waals surface area contributed by atoms with Gasteiger partial charge in [-0.25, -0.2) is 4.39 Å². The van der Waals surface area contributed by atoms with Gasteiger partial charge in [0.15, 0.2) is 0 Å². The number of piperidine rings is 1. The van der Waals surface area contributed by atoms with Crippen LogP contribution in [0.15, 0.2) is 42.6 Å². The van der Waals surface area contributed by atoms with Crippen molar-refractivity contribution in [1.29, 1.82) is 0 Å². The molecule has 1 spiro atoms. The van der Waals surface area contributed by atoms with Crippen molar-refractivity contribution in [3.63, 3.8) is 0 Å². The number of likely N-dealkylation sites (tertiary alicyclic amines) is 2. The van der Waals surface area contributed by atoms with Gasteiger partial charge in [-0.05, 0) is 55.5 Å². The van der Waals surface area contributed by atoms with Gasteiger partial charge in [0.05, 0.1) is 5.69 Å². The lowest BCUT2D eigenvalue weighted by atomic mass is 9.84. The standard InChI is InChI=1S/C22H26FN3O/c1-17-2-7-20(24-14-17)16-25-12-10-22(11-13-25)9-8-21(27)26(22)15-18-3-5-19(23)6-4-18/h2-7,14H,8-13,15-16H2,1H3. The third-order valence-corrected chi connectivity index (χ3v) is 6.08. The van der Waals surface area contributed by atoms with E-state index in [2.05, 4.69) is 26.9 Å². The number of carbonyl (C=O) groups excluding carboxylic acids is 1. The summed E-state index contributed by atoms with van der Waals surface area (Å²) in [5.41, 5.74) is 3.24. The van der Waals surface area contributed by atoms with Crippen LogP contribution in [0.25, 0.3) is 0 Å². The van der Waals surface area contributed by atoms with E-state index < -0.39 is 0 Å². The monoisotopic (exact) mass is 367 g/mol. The van der Waals surface area contributed by atoms with Crippen molar-refractivity contribution < 1.29 is 9.18 Å². The van der Waals surface area contributed by atoms with Crippen molar-refractivity contribution in [2.24, 2.45) is 0 Å². The lowest BCUT2D eigenvalue weighted by Crippen LogP contribution is -2.52. The number of aromatic nitrogens is 1. The van der Waals surface area contributed by atoms with Gasteiger partial charge < -0.3 is 4.90 Å². The molecule has 142 valence electrons. The van der Waals surface area contributed by atoms with Gasteiger partial charge >= 0.3 is 0 Å². The molecule has 0 N–H and O–H groups in total. The average Bonchev–Trinajstić information content (AvgIpc) is 2.97. The number of hydrogen-bond acceptors (Lipinski definition) is 3. The van der Waals surface area contributed by atoms with Gasteiger partial charge in [-0.1, -0.05) is 18.2 Å². The third-order valence-electron chi connectivity index (χ3n) is 6.08. The number of amides is 1. The number of pyridine rings is 1. The molecule has 1 aromatic carbocycles. The maximum absolute atomic E-state index is 13.2. The Morgan fingerprint density at radius 2 is 1.78 bits per heavy atom. The quantitative estimate of drug-likeness (QED) is 0.827. The number of aryl methyl sites for hydroxylation is 1. The highest BCUT2D eigenvalue weighted by Crippen LogP contribution is 2.40. The predicted octanol–water partition coefficient (Wildman–Crippen LogP) is 3.69. The van der Waals surface area contributed by atoms with E-state index in [1.807, 2.05) is 13.1 Å². The van der Waals surface area contributed by atoms with Gasteiger partial charge in [-0.15, -0.1) is 0 Å². The smallest absolute Gasteiger partial charge is 0.223 e. The van der Waals surface area contributed by atoms with Crippen molar-refractivity contribution >= 4 is 5.91 Å². The zero-order valence-corrected chi connectivity index (χ0v) is 15.8. The second kappa shape index (κ2) is 7.39. The zero-order chi connectivity index (χ0) is 18.9. The van der Waals surface area contributed by atoms with E-state index in [0.29, 0.717) is 13.0 Å². The van der Waals surface area contributed by atoms with E-state index in [-0.39, 0.29) is 17.3 Å². The fourth-order valence-electron chi connectivity index (χ4n) is 4.37. The van der Waals surface area contributed by atoms with Crippen LogP contribution in [-0.2, 0) is 17.9 Å². The molecule has 3 heterocycles. The Balaban J connectivity index is 1.41. The normalized spacial score (nSPS) is 19.8. The molecular weight excluding hydrogens is 341 g/mol. The Morgan fingerprint density at radius 3 is 2.44 bits per heavy atom. The fourth-order valence-corrected chi connectivity index (χ4v) is 4.37. The second-order valence-corrected chi connectivity index (χ2v) is 7.93. The van der Waals surface area contributed by atoms with Gasteiger partial charge in [-0.2, -0.15) is 0 Å². The van der Waals surface area contributed by atoms with Crippen LogP contribution < -0.4 is 0 Å². The molecule has 5 heteroatoms. The number of rotatable bonds is 4. The summed E-state index contributed by atoms with van der Waals surface area (Å²) in [5.74, 6) is -0.00721. The van der Waals surface area contributed by atoms with Gasteiger partial charge in [0.2, 0.25) is 5.91 Å². The first kappa shape index (κ1) is 18.1. The number of benzene rings is 1. The number of carbonyl (C=O) groups is 1. The Kier molecular flexibility index (Phi) is 4.96. The summed E-state index contributed by atoms with van der Waals surface area (Å²) in [6, 6.07) is 10.7. The molecule has 0 bridgehead atoms. The molecule has 0 atom stereocenters. The van der Waals surface area contributed by atoms with Crippen LogP contribution in [0.3, 0.4) is 0 Å². The Hall–Kier alpha value is -2.27. The van der Waals surface area contributed by atoms with Crippen molar-refractivity contribution in [3.8, 4) is 0 Å². The highest BCUT2D eigenvalue weighted by Gasteiger charge is 2.46. The van der Waals surface area contributed by atoms with Crippen LogP contribution in [0, 0.1) is 12.7 Å². The van der Waals surface area contributed by atoms with Crippen LogP contribution in [0.4, 0.5) is 4.39 Å². The summed E-state index contributed by atoms with van der Waals surface area (Å²) in [7, 11) is 0. The highest BCUT2D eigenvalue weighted by atomic mass is 19.1. The summed E-state index contributed by atoms with van der Waals surface area (Å²) < 4.78 is 13.2. The Labute approximate surface area is 160 Å². The minimum atomic E-state index is -0.237. The predicted molar refractivity (Wildman–Crippen MR) is 102 cm³/mol. The van der Waals surface area contributed by atoms with Gasteiger partial charge in [0, 0.05) is 44.3 Å². The SMILES string of the molecule is Cc1ccc(CN2CCC3(CCC(=O)N3Cc3ccc(F)cc3)CC2)nc1. The molecule has 4 rings (SSSR count). The first-order valence-electron chi connectivity index (χ1n) is 9.73. The lowest BCUT2D eigenvalue weighted by Gasteiger charge is -2.45. The number of halogens is 1. The maximum atomic E-state index is 13.2. The second-order valence-electron chi connectivity index (χ2n) is 7.93. The van der Waals surface area contributed by atoms with E-state index in [1.54, 1.807) is 12.1 Å². The third kappa shape index (κ3) is 3.88. The number of hydrogen-bond donors (Lipinski definition) is 0. The molecule has 1 amide bonds. The van der Waals surface area contributed by atoms with Crippen LogP contribution in [0.2, 0.25) is 0 Å². The molecule has 2 aromatic rings. The molecule has 1 aromatic heterocycles. The molecule has 0 radical (unpaired) electrons. The van der Waals surface area contributed by atoms with Gasteiger partial charge in [-0.3, -0.25) is 14.7 Å². The fraction of sp³-hybridized carbons (Fsp3) is 0.455. The molecule has 2 aliphatic heterocycles. The van der Waals surface area contributed by atoms with Crippen LogP contribution in [0.5, 0.6) is 0 Å². The molecule has 27 heavy (non-hydrogen) atoms. The highest BCUT2D eigenvalue weighted by molar-refractivity contribution is 5.79. The summed E-state index contributed by atoms with van der Waals surface area (Å²) >= 11 is 0. The summed E-state index contributed by atoms with van der Waals surface area (Å²) in [6.07, 6.45) is 5.46. The number of nitrogens with zero attached hydrogens (tertiary/aromatic N) is 3. The zero-order valence-electron chi connectivity index (χ0n) is 15.8. The molecule has 0 aliphatic carbocycles. The lowest BCUT2D eigenvalue weighted by molar-refractivity contribution is -0.133. The van der Waals surface area contributed by atoms with Crippen LogP contribution >= 0.6 is 0 Å². The molecule has 0 saturated carbocycles. The topological polar surface area (TPSA) is 36.4 Å². The molecule has 0 unspecified atom stereocenters. The summed E-state index contributed by atoms with van der Waals surface area (Å²) in [5, 5.41) is 0. The van der Waals surface area contributed by atoms with Crippen molar-refractivity contribution in [2.75, 3.05) is 13.1 Å². The van der Waals surface area contributed by atoms with E-state index in [0.717, 1.165) is 50.2 Å². The van der Waals surface area contributed by atoms with Crippen molar-refractivity contribution in [1.82, 2.24) is 14.8 Å². The van der Waals surface area contributed by atoms with Gasteiger partial charge in [0.1, 0.15) is 5.82 Å². The van der Waals surface area contributed by atoms with E-state index in [9.17, 15) is 9.18 Å².